The van der Waals surface area contributed by atoms with Gasteiger partial charge in [-0.1, -0.05) is 36.4 Å². The topological polar surface area (TPSA) is 87.3 Å². The van der Waals surface area contributed by atoms with Crippen LogP contribution in [0.4, 0.5) is 11.4 Å². The van der Waals surface area contributed by atoms with Crippen molar-refractivity contribution >= 4 is 28.1 Å². The van der Waals surface area contributed by atoms with Crippen LogP contribution in [0.1, 0.15) is 13.3 Å². The number of nitrogens with zero attached hydrogens (tertiary/aromatic N) is 2. The Morgan fingerprint density at radius 1 is 1.03 bits per heavy atom. The van der Waals surface area contributed by atoms with Crippen molar-refractivity contribution in [3.63, 3.8) is 0 Å². The summed E-state index contributed by atoms with van der Waals surface area (Å²) in [5.74, 6) is 0.820. The SMILES string of the molecule is CCOc1cccc(NC2CCN(c3ccc(-c4n[nH]c(=O)c5ccccc45)cc3)C2=O)c1. The van der Waals surface area contributed by atoms with Crippen molar-refractivity contribution in [1.29, 1.82) is 0 Å². The summed E-state index contributed by atoms with van der Waals surface area (Å²) in [5, 5.41) is 11.6. The Kier molecular flexibility index (Phi) is 5.52. The summed E-state index contributed by atoms with van der Waals surface area (Å²) in [6.45, 7) is 3.18. The molecule has 7 heteroatoms. The number of fused-ring (bicyclic) bond motifs is 1. The fraction of sp³-hybridized carbons (Fsp3) is 0.192. The molecule has 1 atom stereocenters. The highest BCUT2D eigenvalue weighted by atomic mass is 16.5. The predicted octanol–water partition coefficient (Wildman–Crippen LogP) is 4.21. The number of rotatable bonds is 6. The van der Waals surface area contributed by atoms with E-state index in [9.17, 15) is 9.59 Å². The monoisotopic (exact) mass is 440 g/mol. The van der Waals surface area contributed by atoms with Crippen LogP contribution >= 0.6 is 0 Å². The standard InChI is InChI=1S/C26H24N4O3/c1-2-33-20-7-5-6-18(16-20)27-23-14-15-30(26(23)32)19-12-10-17(11-13-19)24-21-8-3-4-9-22(21)25(31)29-28-24/h3-13,16,23,27H,2,14-15H2,1H3,(H,29,31). The molecule has 0 bridgehead atoms. The fourth-order valence-electron chi connectivity index (χ4n) is 4.25. The van der Waals surface area contributed by atoms with Gasteiger partial charge in [-0.25, -0.2) is 5.10 Å². The van der Waals surface area contributed by atoms with Crippen LogP contribution in [0.2, 0.25) is 0 Å². The van der Waals surface area contributed by atoms with Gasteiger partial charge in [-0.3, -0.25) is 9.59 Å². The first kappa shape index (κ1) is 20.8. The smallest absolute Gasteiger partial charge is 0.272 e. The molecule has 0 aliphatic carbocycles. The molecule has 1 unspecified atom stereocenters. The van der Waals surface area contributed by atoms with E-state index < -0.39 is 0 Å². The summed E-state index contributed by atoms with van der Waals surface area (Å²) in [4.78, 5) is 26.9. The quantitative estimate of drug-likeness (QED) is 0.469. The summed E-state index contributed by atoms with van der Waals surface area (Å²) in [6, 6.07) is 22.5. The number of carbonyl (C=O) groups excluding carboxylic acids is 1. The van der Waals surface area contributed by atoms with Crippen molar-refractivity contribution in [2.75, 3.05) is 23.4 Å². The second-order valence-corrected chi connectivity index (χ2v) is 7.93. The molecule has 1 aliphatic rings. The first-order valence-corrected chi connectivity index (χ1v) is 11.0. The summed E-state index contributed by atoms with van der Waals surface area (Å²) in [5.41, 5.74) is 3.08. The van der Waals surface area contributed by atoms with Gasteiger partial charge >= 0.3 is 0 Å². The van der Waals surface area contributed by atoms with E-state index in [1.54, 1.807) is 11.0 Å². The van der Waals surface area contributed by atoms with Crippen molar-refractivity contribution in [2.24, 2.45) is 0 Å². The first-order chi connectivity index (χ1) is 16.1. The van der Waals surface area contributed by atoms with Crippen LogP contribution in [0.3, 0.4) is 0 Å². The highest BCUT2D eigenvalue weighted by Crippen LogP contribution is 2.29. The third kappa shape index (κ3) is 4.05. The zero-order chi connectivity index (χ0) is 22.8. The van der Waals surface area contributed by atoms with Crippen LogP contribution in [0.15, 0.2) is 77.6 Å². The lowest BCUT2D eigenvalue weighted by molar-refractivity contribution is -0.117. The lowest BCUT2D eigenvalue weighted by Crippen LogP contribution is -2.33. The van der Waals surface area contributed by atoms with Gasteiger partial charge in [0.05, 0.1) is 17.7 Å². The van der Waals surface area contributed by atoms with Gasteiger partial charge in [0.25, 0.3) is 5.56 Å². The fourth-order valence-corrected chi connectivity index (χ4v) is 4.25. The number of aromatic nitrogens is 2. The highest BCUT2D eigenvalue weighted by molar-refractivity contribution is 6.01. The molecular weight excluding hydrogens is 416 g/mol. The molecule has 1 fully saturated rings. The number of ether oxygens (including phenoxy) is 1. The first-order valence-electron chi connectivity index (χ1n) is 11.0. The van der Waals surface area contributed by atoms with Gasteiger partial charge in [-0.2, -0.15) is 5.10 Å². The average molecular weight is 441 g/mol. The third-order valence-electron chi connectivity index (χ3n) is 5.84. The minimum atomic E-state index is -0.286. The number of benzene rings is 3. The minimum absolute atomic E-state index is 0.0391. The molecule has 2 N–H and O–H groups in total. The maximum Gasteiger partial charge on any atom is 0.272 e. The number of hydrogen-bond acceptors (Lipinski definition) is 5. The van der Waals surface area contributed by atoms with E-state index >= 15 is 0 Å². The predicted molar refractivity (Wildman–Crippen MR) is 130 cm³/mol. The second-order valence-electron chi connectivity index (χ2n) is 7.93. The molecule has 1 aliphatic heterocycles. The maximum atomic E-state index is 13.1. The lowest BCUT2D eigenvalue weighted by atomic mass is 10.0. The van der Waals surface area contributed by atoms with Crippen LogP contribution in [0.5, 0.6) is 5.75 Å². The summed E-state index contributed by atoms with van der Waals surface area (Å²) >= 11 is 0. The normalized spacial score (nSPS) is 15.7. The Hall–Kier alpha value is -4.13. The molecule has 3 aromatic carbocycles. The van der Waals surface area contributed by atoms with Crippen molar-refractivity contribution in [3.8, 4) is 17.0 Å². The zero-order valence-corrected chi connectivity index (χ0v) is 18.2. The number of H-pyrrole nitrogens is 1. The lowest BCUT2D eigenvalue weighted by Gasteiger charge is -2.18. The maximum absolute atomic E-state index is 13.1. The van der Waals surface area contributed by atoms with E-state index in [-0.39, 0.29) is 17.5 Å². The Balaban J connectivity index is 1.34. The Morgan fingerprint density at radius 3 is 2.61 bits per heavy atom. The minimum Gasteiger partial charge on any atom is -0.494 e. The van der Waals surface area contributed by atoms with E-state index in [1.807, 2.05) is 73.7 Å². The van der Waals surface area contributed by atoms with Crippen LogP contribution in [-0.2, 0) is 4.79 Å². The van der Waals surface area contributed by atoms with Gasteiger partial charge in [-0.05, 0) is 43.7 Å². The Morgan fingerprint density at radius 2 is 1.82 bits per heavy atom. The van der Waals surface area contributed by atoms with E-state index in [0.717, 1.165) is 28.1 Å². The number of amides is 1. The number of nitrogens with one attached hydrogen (secondary N) is 2. The van der Waals surface area contributed by atoms with Gasteiger partial charge in [0.2, 0.25) is 5.91 Å². The van der Waals surface area contributed by atoms with Crippen molar-refractivity contribution in [2.45, 2.75) is 19.4 Å². The largest absolute Gasteiger partial charge is 0.494 e. The van der Waals surface area contributed by atoms with Crippen molar-refractivity contribution in [1.82, 2.24) is 10.2 Å². The van der Waals surface area contributed by atoms with Gasteiger partial charge in [-0.15, -0.1) is 0 Å². The summed E-state index contributed by atoms with van der Waals surface area (Å²) < 4.78 is 5.55. The van der Waals surface area contributed by atoms with Crippen LogP contribution in [0.25, 0.3) is 22.0 Å². The molecule has 33 heavy (non-hydrogen) atoms. The number of aromatic amines is 1. The van der Waals surface area contributed by atoms with Crippen LogP contribution in [0, 0.1) is 0 Å². The Labute approximate surface area is 191 Å². The Bertz CT molecular complexity index is 1360. The van der Waals surface area contributed by atoms with Crippen molar-refractivity contribution in [3.05, 3.63) is 83.2 Å². The molecule has 5 rings (SSSR count). The molecule has 1 amide bonds. The van der Waals surface area contributed by atoms with E-state index in [2.05, 4.69) is 15.5 Å². The molecule has 1 saturated heterocycles. The molecule has 7 nitrogen and oxygen atoms in total. The molecule has 0 radical (unpaired) electrons. The average Bonchev–Trinajstić information content (AvgIpc) is 3.20. The van der Waals surface area contributed by atoms with Crippen LogP contribution < -0.4 is 20.5 Å². The third-order valence-corrected chi connectivity index (χ3v) is 5.84. The second kappa shape index (κ2) is 8.78. The van der Waals surface area contributed by atoms with E-state index in [4.69, 9.17) is 4.74 Å². The molecule has 0 spiro atoms. The molecule has 1 aromatic heterocycles. The van der Waals surface area contributed by atoms with Gasteiger partial charge < -0.3 is 15.0 Å². The molecule has 166 valence electrons. The van der Waals surface area contributed by atoms with Gasteiger partial charge in [0.1, 0.15) is 11.8 Å². The van der Waals surface area contributed by atoms with E-state index in [1.165, 1.54) is 0 Å². The van der Waals surface area contributed by atoms with Gasteiger partial charge in [0.15, 0.2) is 0 Å². The molecule has 0 saturated carbocycles. The number of hydrogen-bond donors (Lipinski definition) is 2. The van der Waals surface area contributed by atoms with Crippen molar-refractivity contribution < 1.29 is 9.53 Å². The number of anilines is 2. The molecule has 2 heterocycles. The zero-order valence-electron chi connectivity index (χ0n) is 18.2. The highest BCUT2D eigenvalue weighted by Gasteiger charge is 2.32. The summed E-state index contributed by atoms with van der Waals surface area (Å²) in [6.07, 6.45) is 0.714. The molecular formula is C26H24N4O3. The van der Waals surface area contributed by atoms with Crippen LogP contribution in [-0.4, -0.2) is 35.3 Å². The molecule has 4 aromatic rings. The number of carbonyl (C=O) groups is 1. The van der Waals surface area contributed by atoms with E-state index in [0.29, 0.717) is 30.7 Å². The summed E-state index contributed by atoms with van der Waals surface area (Å²) in [7, 11) is 0. The van der Waals surface area contributed by atoms with Gasteiger partial charge in [0, 0.05) is 34.9 Å².